The lowest BCUT2D eigenvalue weighted by molar-refractivity contribution is 0.0971. The van der Waals surface area contributed by atoms with Gasteiger partial charge in [0.05, 0.1) is 11.9 Å². The summed E-state index contributed by atoms with van der Waals surface area (Å²) < 4.78 is 1.89. The zero-order valence-electron chi connectivity index (χ0n) is 10.6. The lowest BCUT2D eigenvalue weighted by atomic mass is 10.1. The van der Waals surface area contributed by atoms with Crippen LogP contribution in [-0.2, 0) is 6.54 Å². The lowest BCUT2D eigenvalue weighted by Crippen LogP contribution is -2.18. The van der Waals surface area contributed by atoms with E-state index in [4.69, 9.17) is 5.41 Å². The van der Waals surface area contributed by atoms with Crippen LogP contribution in [0, 0.1) is 19.3 Å². The summed E-state index contributed by atoms with van der Waals surface area (Å²) in [5, 5.41) is 8.22. The van der Waals surface area contributed by atoms with E-state index in [2.05, 4.69) is 0 Å². The smallest absolute Gasteiger partial charge is 0.182 e. The van der Waals surface area contributed by atoms with Gasteiger partial charge in [-0.05, 0) is 25.5 Å². The van der Waals surface area contributed by atoms with Gasteiger partial charge in [0.2, 0.25) is 0 Å². The van der Waals surface area contributed by atoms with E-state index in [1.54, 1.807) is 12.3 Å². The van der Waals surface area contributed by atoms with Crippen molar-refractivity contribution in [2.24, 2.45) is 0 Å². The van der Waals surface area contributed by atoms with Gasteiger partial charge in [-0.15, -0.1) is 0 Å². The van der Waals surface area contributed by atoms with E-state index < -0.39 is 0 Å². The number of carbonyl (C=O) groups excluding carboxylic acids is 1. The van der Waals surface area contributed by atoms with E-state index >= 15 is 0 Å². The fourth-order valence-corrected chi connectivity index (χ4v) is 1.85. The minimum atomic E-state index is 0.0841. The first kappa shape index (κ1) is 12.3. The van der Waals surface area contributed by atoms with Crippen LogP contribution < -0.4 is 5.36 Å². The molecule has 2 rings (SSSR count). The molecule has 1 N–H and O–H groups in total. The molecule has 1 heterocycles. The van der Waals surface area contributed by atoms with Gasteiger partial charge in [0.1, 0.15) is 0 Å². The van der Waals surface area contributed by atoms with Crippen molar-refractivity contribution in [3.8, 4) is 0 Å². The second-order valence-corrected chi connectivity index (χ2v) is 4.36. The third-order valence-electron chi connectivity index (χ3n) is 3.21. The van der Waals surface area contributed by atoms with Gasteiger partial charge in [0.15, 0.2) is 5.78 Å². The summed E-state index contributed by atoms with van der Waals surface area (Å²) in [7, 11) is 0. The van der Waals surface area contributed by atoms with Gasteiger partial charge >= 0.3 is 0 Å². The molecule has 3 nitrogen and oxygen atoms in total. The van der Waals surface area contributed by atoms with Crippen molar-refractivity contribution in [3.63, 3.8) is 0 Å². The summed E-state index contributed by atoms with van der Waals surface area (Å²) in [6.45, 7) is 4.16. The van der Waals surface area contributed by atoms with Crippen LogP contribution in [0.5, 0.6) is 0 Å². The molecule has 2 aromatic rings. The quantitative estimate of drug-likeness (QED) is 0.823. The molecule has 0 amide bonds. The molecular formula is C15H16N2O. The first-order valence-corrected chi connectivity index (χ1v) is 5.89. The zero-order chi connectivity index (χ0) is 13.1. The van der Waals surface area contributed by atoms with E-state index in [0.717, 1.165) is 16.8 Å². The van der Waals surface area contributed by atoms with Gasteiger partial charge in [-0.1, -0.05) is 30.3 Å². The maximum absolute atomic E-state index is 12.1. The van der Waals surface area contributed by atoms with Crippen molar-refractivity contribution < 1.29 is 4.79 Å². The van der Waals surface area contributed by atoms with E-state index in [0.29, 0.717) is 11.9 Å². The predicted octanol–water partition coefficient (Wildman–Crippen LogP) is 2.47. The molecule has 92 valence electrons. The van der Waals surface area contributed by atoms with Crippen LogP contribution in [0.15, 0.2) is 42.6 Å². The number of nitrogens with zero attached hydrogens (tertiary/aromatic N) is 1. The summed E-state index contributed by atoms with van der Waals surface area (Å²) in [6.07, 6.45) is 1.80. The second-order valence-electron chi connectivity index (χ2n) is 4.36. The summed E-state index contributed by atoms with van der Waals surface area (Å²) in [4.78, 5) is 12.1. The second kappa shape index (κ2) is 5.00. The topological polar surface area (TPSA) is 45.9 Å². The van der Waals surface area contributed by atoms with Gasteiger partial charge in [-0.25, -0.2) is 0 Å². The highest BCUT2D eigenvalue weighted by atomic mass is 16.1. The van der Waals surface area contributed by atoms with Gasteiger partial charge in [0.25, 0.3) is 0 Å². The van der Waals surface area contributed by atoms with Crippen LogP contribution in [0.25, 0.3) is 0 Å². The van der Waals surface area contributed by atoms with Crippen LogP contribution >= 0.6 is 0 Å². The number of ketones is 1. The van der Waals surface area contributed by atoms with Crippen molar-refractivity contribution in [2.45, 2.75) is 20.4 Å². The maximum atomic E-state index is 12.1. The molecule has 1 aromatic carbocycles. The molecular weight excluding hydrogens is 224 g/mol. The SMILES string of the molecule is Cc1c(C)n(CC(=O)c2ccccc2)ccc1=N. The van der Waals surface area contributed by atoms with Crippen LogP contribution in [-0.4, -0.2) is 10.4 Å². The number of hydrogen-bond donors (Lipinski definition) is 1. The van der Waals surface area contributed by atoms with Gasteiger partial charge in [-0.3, -0.25) is 4.79 Å². The lowest BCUT2D eigenvalue weighted by Gasteiger charge is -2.12. The number of hydrogen-bond acceptors (Lipinski definition) is 2. The van der Waals surface area contributed by atoms with E-state index in [1.807, 2.05) is 48.7 Å². The molecule has 0 saturated carbocycles. The number of carbonyl (C=O) groups is 1. The first-order chi connectivity index (χ1) is 8.59. The molecule has 3 heteroatoms. The van der Waals surface area contributed by atoms with Crippen molar-refractivity contribution in [2.75, 3.05) is 0 Å². The number of aromatic nitrogens is 1. The molecule has 0 saturated heterocycles. The summed E-state index contributed by atoms with van der Waals surface area (Å²) in [5.41, 5.74) is 2.60. The van der Waals surface area contributed by atoms with Crippen LogP contribution in [0.1, 0.15) is 21.6 Å². The Morgan fingerprint density at radius 2 is 1.83 bits per heavy atom. The Morgan fingerprint density at radius 1 is 1.17 bits per heavy atom. The Kier molecular flexibility index (Phi) is 3.42. The van der Waals surface area contributed by atoms with E-state index in [9.17, 15) is 4.79 Å². The normalized spacial score (nSPS) is 10.3. The van der Waals surface area contributed by atoms with Gasteiger partial charge in [0, 0.05) is 17.5 Å². The molecule has 0 radical (unpaired) electrons. The predicted molar refractivity (Wildman–Crippen MR) is 70.5 cm³/mol. The number of rotatable bonds is 3. The van der Waals surface area contributed by atoms with Crippen LogP contribution in [0.4, 0.5) is 0 Å². The largest absolute Gasteiger partial charge is 0.344 e. The fourth-order valence-electron chi connectivity index (χ4n) is 1.85. The monoisotopic (exact) mass is 240 g/mol. The molecule has 18 heavy (non-hydrogen) atoms. The van der Waals surface area contributed by atoms with Gasteiger partial charge < -0.3 is 9.98 Å². The average Bonchev–Trinajstić information content (AvgIpc) is 2.40. The van der Waals surface area contributed by atoms with Crippen molar-refractivity contribution >= 4 is 5.78 Å². The molecule has 0 bridgehead atoms. The average molecular weight is 240 g/mol. The number of nitrogens with one attached hydrogen (secondary N) is 1. The minimum absolute atomic E-state index is 0.0841. The number of pyridine rings is 1. The maximum Gasteiger partial charge on any atom is 0.182 e. The fraction of sp³-hybridized carbons (Fsp3) is 0.200. The van der Waals surface area contributed by atoms with Crippen LogP contribution in [0.3, 0.4) is 0 Å². The molecule has 0 spiro atoms. The van der Waals surface area contributed by atoms with Crippen molar-refractivity contribution in [3.05, 3.63) is 64.8 Å². The van der Waals surface area contributed by atoms with Crippen molar-refractivity contribution in [1.82, 2.24) is 4.57 Å². The van der Waals surface area contributed by atoms with E-state index in [-0.39, 0.29) is 5.78 Å². The molecule has 0 unspecified atom stereocenters. The number of Topliss-reactive ketones (excluding diaryl/α,β-unsaturated/α-hetero) is 1. The van der Waals surface area contributed by atoms with Gasteiger partial charge in [-0.2, -0.15) is 0 Å². The Morgan fingerprint density at radius 3 is 2.50 bits per heavy atom. The highest BCUT2D eigenvalue weighted by Gasteiger charge is 2.08. The third-order valence-corrected chi connectivity index (χ3v) is 3.21. The zero-order valence-corrected chi connectivity index (χ0v) is 10.6. The molecule has 0 aliphatic rings. The minimum Gasteiger partial charge on any atom is -0.344 e. The highest BCUT2D eigenvalue weighted by Crippen LogP contribution is 2.06. The summed E-state index contributed by atoms with van der Waals surface area (Å²) in [5.74, 6) is 0.0841. The third kappa shape index (κ3) is 2.40. The number of benzene rings is 1. The first-order valence-electron chi connectivity index (χ1n) is 5.89. The molecule has 0 fully saturated rings. The summed E-state index contributed by atoms with van der Waals surface area (Å²) >= 11 is 0. The Balaban J connectivity index is 2.28. The molecule has 0 aliphatic heterocycles. The Bertz CT molecular complexity index is 627. The van der Waals surface area contributed by atoms with Crippen molar-refractivity contribution in [1.29, 1.82) is 5.41 Å². The highest BCUT2D eigenvalue weighted by molar-refractivity contribution is 5.95. The molecule has 0 atom stereocenters. The summed E-state index contributed by atoms with van der Waals surface area (Å²) in [6, 6.07) is 11.0. The standard InChI is InChI=1S/C15H16N2O/c1-11-12(2)17(9-8-14(11)16)10-15(18)13-6-4-3-5-7-13/h3-9,16H,10H2,1-2H3. The Hall–Kier alpha value is -2.16. The van der Waals surface area contributed by atoms with Crippen LogP contribution in [0.2, 0.25) is 0 Å². The molecule has 0 aliphatic carbocycles. The van der Waals surface area contributed by atoms with E-state index in [1.165, 1.54) is 0 Å². The molecule has 1 aromatic heterocycles. The Labute approximate surface area is 106 Å².